The van der Waals surface area contributed by atoms with Gasteiger partial charge in [0.25, 0.3) is 0 Å². The Bertz CT molecular complexity index is 265. The van der Waals surface area contributed by atoms with Gasteiger partial charge in [-0.2, -0.15) is 0 Å². The number of nitrogens with zero attached hydrogens (tertiary/aromatic N) is 1. The molecule has 0 saturated heterocycles. The van der Waals surface area contributed by atoms with Crippen LogP contribution in [-0.4, -0.2) is 11.5 Å². The van der Waals surface area contributed by atoms with Crippen molar-refractivity contribution in [3.63, 3.8) is 0 Å². The second kappa shape index (κ2) is 4.38. The molecule has 0 aliphatic heterocycles. The molecule has 0 atom stereocenters. The molecule has 1 aromatic rings. The summed E-state index contributed by atoms with van der Waals surface area (Å²) in [6.45, 7) is 0.535. The van der Waals surface area contributed by atoms with Crippen molar-refractivity contribution in [1.29, 1.82) is 0 Å². The maximum absolute atomic E-state index is 12.9. The minimum atomic E-state index is -0.312. The highest BCUT2D eigenvalue weighted by atomic mass is 35.5. The van der Waals surface area contributed by atoms with E-state index in [-0.39, 0.29) is 5.82 Å². The standard InChI is InChI=1S/C8H10ClFN2/c9-8-4-3-6(10)7(12-8)2-1-5-11/h3-4H,1-2,5,11H2. The van der Waals surface area contributed by atoms with E-state index >= 15 is 0 Å². The molecule has 0 spiro atoms. The van der Waals surface area contributed by atoms with Crippen LogP contribution in [0.2, 0.25) is 5.15 Å². The molecule has 0 fully saturated rings. The average molecular weight is 189 g/mol. The topological polar surface area (TPSA) is 38.9 Å². The van der Waals surface area contributed by atoms with Crippen LogP contribution in [0.4, 0.5) is 4.39 Å². The molecule has 12 heavy (non-hydrogen) atoms. The molecule has 0 aromatic carbocycles. The highest BCUT2D eigenvalue weighted by Gasteiger charge is 2.03. The van der Waals surface area contributed by atoms with Gasteiger partial charge in [0, 0.05) is 0 Å². The summed E-state index contributed by atoms with van der Waals surface area (Å²) in [7, 11) is 0. The van der Waals surface area contributed by atoms with E-state index in [2.05, 4.69) is 4.98 Å². The zero-order valence-electron chi connectivity index (χ0n) is 6.56. The van der Waals surface area contributed by atoms with Gasteiger partial charge in [0.1, 0.15) is 11.0 Å². The van der Waals surface area contributed by atoms with Crippen LogP contribution in [0.25, 0.3) is 0 Å². The highest BCUT2D eigenvalue weighted by Crippen LogP contribution is 2.11. The van der Waals surface area contributed by atoms with Crippen LogP contribution in [0, 0.1) is 5.82 Å². The fraction of sp³-hybridized carbons (Fsp3) is 0.375. The van der Waals surface area contributed by atoms with Crippen LogP contribution >= 0.6 is 11.6 Å². The second-order valence-corrected chi connectivity index (χ2v) is 2.84. The number of hydrogen-bond donors (Lipinski definition) is 1. The summed E-state index contributed by atoms with van der Waals surface area (Å²) in [4.78, 5) is 3.85. The van der Waals surface area contributed by atoms with Crippen molar-refractivity contribution in [3.8, 4) is 0 Å². The molecule has 2 N–H and O–H groups in total. The van der Waals surface area contributed by atoms with Crippen molar-refractivity contribution in [3.05, 3.63) is 28.8 Å². The van der Waals surface area contributed by atoms with Gasteiger partial charge in [0.15, 0.2) is 0 Å². The first-order chi connectivity index (χ1) is 5.74. The summed E-state index contributed by atoms with van der Waals surface area (Å²) in [5.74, 6) is -0.312. The van der Waals surface area contributed by atoms with Gasteiger partial charge < -0.3 is 5.73 Å². The van der Waals surface area contributed by atoms with Crippen LogP contribution in [0.15, 0.2) is 12.1 Å². The van der Waals surface area contributed by atoms with Crippen LogP contribution in [0.1, 0.15) is 12.1 Å². The summed E-state index contributed by atoms with van der Waals surface area (Å²) in [6, 6.07) is 2.75. The molecule has 0 saturated carbocycles. The van der Waals surface area contributed by atoms with Crippen molar-refractivity contribution in [2.24, 2.45) is 5.73 Å². The Labute approximate surface area is 75.6 Å². The summed E-state index contributed by atoms with van der Waals surface area (Å²) >= 11 is 5.59. The average Bonchev–Trinajstić information content (AvgIpc) is 2.07. The van der Waals surface area contributed by atoms with E-state index in [4.69, 9.17) is 17.3 Å². The lowest BCUT2D eigenvalue weighted by atomic mass is 10.2. The van der Waals surface area contributed by atoms with Crippen LogP contribution in [-0.2, 0) is 6.42 Å². The Morgan fingerprint density at radius 2 is 2.25 bits per heavy atom. The van der Waals surface area contributed by atoms with Gasteiger partial charge in [-0.1, -0.05) is 11.6 Å². The summed E-state index contributed by atoms with van der Waals surface area (Å²) in [6.07, 6.45) is 1.27. The zero-order valence-corrected chi connectivity index (χ0v) is 7.31. The predicted octanol–water partition coefficient (Wildman–Crippen LogP) is 1.77. The van der Waals surface area contributed by atoms with Gasteiger partial charge in [-0.15, -0.1) is 0 Å². The smallest absolute Gasteiger partial charge is 0.144 e. The maximum Gasteiger partial charge on any atom is 0.144 e. The number of halogens is 2. The number of pyridine rings is 1. The predicted molar refractivity (Wildman–Crippen MR) is 46.6 cm³/mol. The Morgan fingerprint density at radius 1 is 1.50 bits per heavy atom. The normalized spacial score (nSPS) is 10.2. The highest BCUT2D eigenvalue weighted by molar-refractivity contribution is 6.29. The molecule has 1 aromatic heterocycles. The van der Waals surface area contributed by atoms with Gasteiger partial charge in [-0.25, -0.2) is 9.37 Å². The lowest BCUT2D eigenvalue weighted by Gasteiger charge is -2.00. The van der Waals surface area contributed by atoms with Crippen molar-refractivity contribution in [2.45, 2.75) is 12.8 Å². The number of aromatic nitrogens is 1. The first-order valence-electron chi connectivity index (χ1n) is 3.75. The zero-order chi connectivity index (χ0) is 8.97. The molecule has 0 radical (unpaired) electrons. The molecule has 0 bridgehead atoms. The van der Waals surface area contributed by atoms with E-state index in [0.29, 0.717) is 23.8 Å². The van der Waals surface area contributed by atoms with E-state index in [1.807, 2.05) is 0 Å². The largest absolute Gasteiger partial charge is 0.330 e. The van der Waals surface area contributed by atoms with Crippen LogP contribution in [0.5, 0.6) is 0 Å². The molecule has 0 aliphatic carbocycles. The molecule has 1 rings (SSSR count). The van der Waals surface area contributed by atoms with Crippen molar-refractivity contribution < 1.29 is 4.39 Å². The monoisotopic (exact) mass is 188 g/mol. The lowest BCUT2D eigenvalue weighted by Crippen LogP contribution is -2.03. The minimum absolute atomic E-state index is 0.312. The quantitative estimate of drug-likeness (QED) is 0.735. The summed E-state index contributed by atoms with van der Waals surface area (Å²) in [5.41, 5.74) is 5.68. The van der Waals surface area contributed by atoms with Crippen LogP contribution < -0.4 is 5.73 Å². The summed E-state index contributed by atoms with van der Waals surface area (Å²) in [5, 5.41) is 0.323. The van der Waals surface area contributed by atoms with Gasteiger partial charge in [0.2, 0.25) is 0 Å². The van der Waals surface area contributed by atoms with Gasteiger partial charge in [0.05, 0.1) is 5.69 Å². The third-order valence-corrected chi connectivity index (χ3v) is 1.71. The fourth-order valence-electron chi connectivity index (χ4n) is 0.903. The second-order valence-electron chi connectivity index (χ2n) is 2.45. The Balaban J connectivity index is 2.75. The Hall–Kier alpha value is -0.670. The van der Waals surface area contributed by atoms with E-state index < -0.39 is 0 Å². The van der Waals surface area contributed by atoms with Crippen molar-refractivity contribution >= 4 is 11.6 Å². The Morgan fingerprint density at radius 3 is 2.92 bits per heavy atom. The van der Waals surface area contributed by atoms with Gasteiger partial charge in [-0.05, 0) is 31.5 Å². The lowest BCUT2D eigenvalue weighted by molar-refractivity contribution is 0.593. The molecular formula is C8H10ClFN2. The molecule has 1 heterocycles. The molecule has 0 unspecified atom stereocenters. The van der Waals surface area contributed by atoms with E-state index in [9.17, 15) is 4.39 Å². The minimum Gasteiger partial charge on any atom is -0.330 e. The molecule has 0 amide bonds. The first kappa shape index (κ1) is 9.42. The first-order valence-corrected chi connectivity index (χ1v) is 4.13. The van der Waals surface area contributed by atoms with Gasteiger partial charge >= 0.3 is 0 Å². The van der Waals surface area contributed by atoms with Crippen molar-refractivity contribution in [1.82, 2.24) is 4.98 Å². The molecule has 2 nitrogen and oxygen atoms in total. The molecule has 66 valence electrons. The third-order valence-electron chi connectivity index (χ3n) is 1.50. The molecular weight excluding hydrogens is 179 g/mol. The number of aryl methyl sites for hydroxylation is 1. The van der Waals surface area contributed by atoms with E-state index in [0.717, 1.165) is 6.42 Å². The SMILES string of the molecule is NCCCc1nc(Cl)ccc1F. The van der Waals surface area contributed by atoms with Crippen molar-refractivity contribution in [2.75, 3.05) is 6.54 Å². The van der Waals surface area contributed by atoms with E-state index in [1.54, 1.807) is 0 Å². The summed E-state index contributed by atoms with van der Waals surface area (Å²) < 4.78 is 12.9. The van der Waals surface area contributed by atoms with E-state index in [1.165, 1.54) is 12.1 Å². The molecule has 0 aliphatic rings. The number of rotatable bonds is 3. The Kier molecular flexibility index (Phi) is 3.44. The number of nitrogens with two attached hydrogens (primary N) is 1. The van der Waals surface area contributed by atoms with Crippen LogP contribution in [0.3, 0.4) is 0 Å². The molecule has 4 heteroatoms. The fourth-order valence-corrected chi connectivity index (χ4v) is 1.07. The van der Waals surface area contributed by atoms with Gasteiger partial charge in [-0.3, -0.25) is 0 Å². The third kappa shape index (κ3) is 2.43. The number of hydrogen-bond acceptors (Lipinski definition) is 2. The maximum atomic E-state index is 12.9.